The van der Waals surface area contributed by atoms with Gasteiger partial charge >= 0.3 is 0 Å². The van der Waals surface area contributed by atoms with Gasteiger partial charge in [-0.05, 0) is 30.5 Å². The Hall–Kier alpha value is -1.20. The Labute approximate surface area is 144 Å². The van der Waals surface area contributed by atoms with Crippen LogP contribution in [0.15, 0.2) is 29.3 Å². The molecule has 1 fully saturated rings. The van der Waals surface area contributed by atoms with E-state index in [1.807, 2.05) is 36.2 Å². The quantitative estimate of drug-likeness (QED) is 0.837. The average Bonchev–Trinajstić information content (AvgIpc) is 3.17. The molecule has 23 heavy (non-hydrogen) atoms. The summed E-state index contributed by atoms with van der Waals surface area (Å²) in [4.78, 5) is 19.2. The summed E-state index contributed by atoms with van der Waals surface area (Å²) in [6.45, 7) is 1.44. The minimum absolute atomic E-state index is 0.0474. The van der Waals surface area contributed by atoms with E-state index in [0.29, 0.717) is 16.7 Å². The summed E-state index contributed by atoms with van der Waals surface area (Å²) in [7, 11) is 0.518. The van der Waals surface area contributed by atoms with E-state index in [9.17, 15) is 9.00 Å². The molecule has 0 radical (unpaired) electrons. The summed E-state index contributed by atoms with van der Waals surface area (Å²) in [6, 6.07) is 7.54. The first-order chi connectivity index (χ1) is 11.0. The van der Waals surface area contributed by atoms with E-state index in [1.165, 1.54) is 0 Å². The lowest BCUT2D eigenvalue weighted by Gasteiger charge is -2.28. The standard InChI is InChI=1S/C17H21ClN2O2S/c1-20-11-10-19-16(20)23(22)12-15(21)17(8-2-3-9-17)13-4-6-14(18)7-5-13/h4-7H,2-3,8-12H2,1H3. The molecule has 2 aliphatic rings. The Morgan fingerprint density at radius 3 is 2.52 bits per heavy atom. The van der Waals surface area contributed by atoms with E-state index in [1.54, 1.807) is 0 Å². The van der Waals surface area contributed by atoms with Gasteiger partial charge in [0.1, 0.15) is 0 Å². The lowest BCUT2D eigenvalue weighted by atomic mass is 9.76. The lowest BCUT2D eigenvalue weighted by Crippen LogP contribution is -2.39. The molecule has 0 N–H and O–H groups in total. The zero-order chi connectivity index (χ0) is 16.4. The smallest absolute Gasteiger partial charge is 0.190 e. The number of halogens is 1. The van der Waals surface area contributed by atoms with Crippen LogP contribution in [0.5, 0.6) is 0 Å². The molecule has 1 atom stereocenters. The van der Waals surface area contributed by atoms with Crippen molar-refractivity contribution in [1.29, 1.82) is 0 Å². The molecule has 3 rings (SSSR count). The van der Waals surface area contributed by atoms with E-state index in [0.717, 1.165) is 37.8 Å². The fourth-order valence-electron chi connectivity index (χ4n) is 3.56. The fraction of sp³-hybridized carbons (Fsp3) is 0.529. The number of carbonyl (C=O) groups excluding carboxylic acids is 1. The zero-order valence-electron chi connectivity index (χ0n) is 13.3. The van der Waals surface area contributed by atoms with Crippen LogP contribution < -0.4 is 0 Å². The molecule has 0 saturated heterocycles. The monoisotopic (exact) mass is 352 g/mol. The van der Waals surface area contributed by atoms with Crippen molar-refractivity contribution in [1.82, 2.24) is 4.90 Å². The summed E-state index contributed by atoms with van der Waals surface area (Å²) < 4.78 is 12.5. The van der Waals surface area contributed by atoms with Gasteiger partial charge in [-0.15, -0.1) is 0 Å². The number of aliphatic imine (C=N–C) groups is 1. The molecule has 0 spiro atoms. The number of hydrogen-bond donors (Lipinski definition) is 0. The van der Waals surface area contributed by atoms with E-state index < -0.39 is 16.2 Å². The van der Waals surface area contributed by atoms with Crippen molar-refractivity contribution in [2.24, 2.45) is 4.99 Å². The summed E-state index contributed by atoms with van der Waals surface area (Å²) in [6.07, 6.45) is 3.71. The molecule has 0 aromatic heterocycles. The van der Waals surface area contributed by atoms with Crippen LogP contribution in [0.4, 0.5) is 0 Å². The van der Waals surface area contributed by atoms with Gasteiger partial charge < -0.3 is 4.90 Å². The maximum atomic E-state index is 13.0. The molecule has 0 bridgehead atoms. The van der Waals surface area contributed by atoms with Gasteiger partial charge in [-0.25, -0.2) is 0 Å². The highest BCUT2D eigenvalue weighted by Gasteiger charge is 2.43. The van der Waals surface area contributed by atoms with Crippen LogP contribution in [0.1, 0.15) is 31.2 Å². The van der Waals surface area contributed by atoms with Crippen molar-refractivity contribution < 1.29 is 9.00 Å². The van der Waals surface area contributed by atoms with E-state index in [4.69, 9.17) is 11.6 Å². The molecule has 6 heteroatoms. The third-order valence-corrected chi connectivity index (χ3v) is 6.49. The van der Waals surface area contributed by atoms with Gasteiger partial charge in [-0.2, -0.15) is 0 Å². The third kappa shape index (κ3) is 3.22. The maximum absolute atomic E-state index is 13.0. The molecule has 4 nitrogen and oxygen atoms in total. The number of nitrogens with zero attached hydrogens (tertiary/aromatic N) is 2. The molecule has 124 valence electrons. The van der Waals surface area contributed by atoms with Gasteiger partial charge in [0, 0.05) is 18.6 Å². The molecule has 1 heterocycles. The Kier molecular flexibility index (Phi) is 4.87. The molecular weight excluding hydrogens is 332 g/mol. The number of hydrogen-bond acceptors (Lipinski definition) is 4. The minimum atomic E-state index is -1.36. The number of carbonyl (C=O) groups is 1. The first-order valence-electron chi connectivity index (χ1n) is 7.96. The highest BCUT2D eigenvalue weighted by molar-refractivity contribution is 8.01. The average molecular weight is 353 g/mol. The number of amidine groups is 1. The molecule has 1 aliphatic carbocycles. The maximum Gasteiger partial charge on any atom is 0.190 e. The Morgan fingerprint density at radius 1 is 1.30 bits per heavy atom. The van der Waals surface area contributed by atoms with E-state index in [-0.39, 0.29) is 11.5 Å². The van der Waals surface area contributed by atoms with E-state index in [2.05, 4.69) is 4.99 Å². The molecular formula is C17H21ClN2O2S. The van der Waals surface area contributed by atoms with Crippen LogP contribution in [0.3, 0.4) is 0 Å². The number of likely N-dealkylation sites (N-methyl/N-ethyl adjacent to an activating group) is 1. The largest absolute Gasteiger partial charge is 0.351 e. The van der Waals surface area contributed by atoms with Gasteiger partial charge in [0.15, 0.2) is 11.0 Å². The van der Waals surface area contributed by atoms with Crippen molar-refractivity contribution in [3.05, 3.63) is 34.9 Å². The number of ketones is 1. The van der Waals surface area contributed by atoms with Crippen LogP contribution in [-0.2, 0) is 21.0 Å². The zero-order valence-corrected chi connectivity index (χ0v) is 14.8. The van der Waals surface area contributed by atoms with Crippen LogP contribution in [0.25, 0.3) is 0 Å². The summed E-state index contributed by atoms with van der Waals surface area (Å²) in [5, 5.41) is 1.22. The molecule has 1 aromatic rings. The number of benzene rings is 1. The lowest BCUT2D eigenvalue weighted by molar-refractivity contribution is -0.121. The van der Waals surface area contributed by atoms with E-state index >= 15 is 0 Å². The van der Waals surface area contributed by atoms with Gasteiger partial charge in [0.2, 0.25) is 0 Å². The molecule has 1 unspecified atom stereocenters. The highest BCUT2D eigenvalue weighted by atomic mass is 35.5. The van der Waals surface area contributed by atoms with Crippen molar-refractivity contribution in [3.63, 3.8) is 0 Å². The second-order valence-electron chi connectivity index (χ2n) is 6.29. The van der Waals surface area contributed by atoms with Gasteiger partial charge in [0.05, 0.1) is 28.5 Å². The Morgan fingerprint density at radius 2 is 1.96 bits per heavy atom. The SMILES string of the molecule is CN1CCN=C1S(=O)CC(=O)C1(c2ccc(Cl)cc2)CCCC1. The summed E-state index contributed by atoms with van der Waals surface area (Å²) in [5.74, 6) is 0.116. The van der Waals surface area contributed by atoms with Gasteiger partial charge in [0.25, 0.3) is 0 Å². The van der Waals surface area contributed by atoms with Crippen LogP contribution >= 0.6 is 11.6 Å². The minimum Gasteiger partial charge on any atom is -0.351 e. The first-order valence-corrected chi connectivity index (χ1v) is 9.66. The van der Waals surface area contributed by atoms with Gasteiger partial charge in [-0.1, -0.05) is 36.6 Å². The molecule has 1 aromatic carbocycles. The second-order valence-corrected chi connectivity index (χ2v) is 8.08. The molecule has 1 saturated carbocycles. The predicted molar refractivity (Wildman–Crippen MR) is 94.5 cm³/mol. The highest BCUT2D eigenvalue weighted by Crippen LogP contribution is 2.42. The van der Waals surface area contributed by atoms with Crippen molar-refractivity contribution in [3.8, 4) is 0 Å². The third-order valence-electron chi connectivity index (χ3n) is 4.86. The van der Waals surface area contributed by atoms with Gasteiger partial charge in [-0.3, -0.25) is 14.0 Å². The second kappa shape index (κ2) is 6.73. The summed E-state index contributed by atoms with van der Waals surface area (Å²) >= 11 is 5.97. The van der Waals surface area contributed by atoms with Crippen molar-refractivity contribution in [2.75, 3.05) is 25.9 Å². The van der Waals surface area contributed by atoms with Crippen LogP contribution in [-0.4, -0.2) is 45.9 Å². The Bertz CT molecular complexity index is 651. The molecule has 0 amide bonds. The van der Waals surface area contributed by atoms with Crippen molar-refractivity contribution >= 4 is 33.4 Å². The normalized spacial score (nSPS) is 21.3. The predicted octanol–water partition coefficient (Wildman–Crippen LogP) is 2.77. The number of Topliss-reactive ketones (excluding diaryl/α,β-unsaturated/α-hetero) is 1. The van der Waals surface area contributed by atoms with Crippen LogP contribution in [0, 0.1) is 0 Å². The number of rotatable bonds is 4. The van der Waals surface area contributed by atoms with Crippen molar-refractivity contribution in [2.45, 2.75) is 31.1 Å². The fourth-order valence-corrected chi connectivity index (χ4v) is 5.00. The Balaban J connectivity index is 1.82. The first kappa shape index (κ1) is 16.7. The molecule has 1 aliphatic heterocycles. The summed E-state index contributed by atoms with van der Waals surface area (Å²) in [5.41, 5.74) is 0.501. The topological polar surface area (TPSA) is 49.7 Å². The van der Waals surface area contributed by atoms with Crippen LogP contribution in [0.2, 0.25) is 5.02 Å².